The van der Waals surface area contributed by atoms with Gasteiger partial charge in [0, 0.05) is 17.7 Å². The van der Waals surface area contributed by atoms with E-state index >= 15 is 0 Å². The highest BCUT2D eigenvalue weighted by atomic mass is 16.6. The molecule has 5 nitrogen and oxygen atoms in total. The Morgan fingerprint density at radius 3 is 2.62 bits per heavy atom. The molecule has 2 heterocycles. The lowest BCUT2D eigenvalue weighted by Gasteiger charge is -2.21. The van der Waals surface area contributed by atoms with Crippen molar-refractivity contribution in [2.75, 3.05) is 0 Å². The third-order valence-corrected chi connectivity index (χ3v) is 4.15. The van der Waals surface area contributed by atoms with Crippen molar-refractivity contribution < 1.29 is 14.3 Å². The second-order valence-electron chi connectivity index (χ2n) is 7.12. The Bertz CT molecular complexity index is 929. The van der Waals surface area contributed by atoms with E-state index in [1.807, 2.05) is 45.0 Å². The first-order valence-electron chi connectivity index (χ1n) is 8.41. The van der Waals surface area contributed by atoms with E-state index in [-0.39, 0.29) is 5.91 Å². The van der Waals surface area contributed by atoms with Crippen LogP contribution < -0.4 is 5.32 Å². The van der Waals surface area contributed by atoms with Gasteiger partial charge in [-0.2, -0.15) is 0 Å². The van der Waals surface area contributed by atoms with Crippen LogP contribution in [-0.4, -0.2) is 22.2 Å². The molecule has 0 saturated carbocycles. The first-order valence-corrected chi connectivity index (χ1v) is 8.41. The number of ether oxygens (including phenoxy) is 1. The number of hydrogen-bond donors (Lipinski definition) is 1. The second kappa shape index (κ2) is 6.33. The fraction of sp³-hybridized carbons (Fsp3) is 0.238. The Morgan fingerprint density at radius 1 is 1.27 bits per heavy atom. The minimum absolute atomic E-state index is 0.146. The van der Waals surface area contributed by atoms with Gasteiger partial charge in [-0.05, 0) is 38.5 Å². The van der Waals surface area contributed by atoms with Crippen LogP contribution >= 0.6 is 0 Å². The number of fused-ring (bicyclic) bond motifs is 1. The highest BCUT2D eigenvalue weighted by Gasteiger charge is 2.28. The fourth-order valence-electron chi connectivity index (χ4n) is 3.11. The van der Waals surface area contributed by atoms with Crippen molar-refractivity contribution in [3.05, 3.63) is 59.8 Å². The number of aromatic nitrogens is 1. The summed E-state index contributed by atoms with van der Waals surface area (Å²) >= 11 is 0. The quantitative estimate of drug-likeness (QED) is 0.888. The third-order valence-electron chi connectivity index (χ3n) is 4.15. The molecule has 26 heavy (non-hydrogen) atoms. The van der Waals surface area contributed by atoms with Crippen molar-refractivity contribution in [1.29, 1.82) is 0 Å². The van der Waals surface area contributed by atoms with Crippen molar-refractivity contribution in [2.45, 2.75) is 32.9 Å². The molecule has 1 amide bonds. The van der Waals surface area contributed by atoms with Crippen molar-refractivity contribution >= 4 is 24.2 Å². The standard InChI is InChI=1S/C21H22N2O3/c1-6-13-11-17(15-10-8-9-14-12-22-19(24)18(14)15)23(16(13)7-2)20(25)26-21(3,4)5/h6-11H,1-2,12H2,3-5H3,(H,22,24). The third kappa shape index (κ3) is 2.96. The maximum absolute atomic E-state index is 12.9. The average Bonchev–Trinajstić information content (AvgIpc) is 3.14. The van der Waals surface area contributed by atoms with Gasteiger partial charge in [0.25, 0.3) is 5.91 Å². The molecule has 0 spiro atoms. The normalized spacial score (nSPS) is 13.1. The topological polar surface area (TPSA) is 60.3 Å². The van der Waals surface area contributed by atoms with Crippen molar-refractivity contribution in [1.82, 2.24) is 9.88 Å². The summed E-state index contributed by atoms with van der Waals surface area (Å²) in [6, 6.07) is 7.44. The smallest absolute Gasteiger partial charge is 0.419 e. The Hall–Kier alpha value is -3.08. The van der Waals surface area contributed by atoms with Gasteiger partial charge in [0.05, 0.1) is 17.0 Å². The van der Waals surface area contributed by atoms with Crippen LogP contribution in [0, 0.1) is 0 Å². The molecule has 3 rings (SSSR count). The zero-order valence-corrected chi connectivity index (χ0v) is 15.3. The molecule has 0 aliphatic carbocycles. The molecule has 1 aromatic heterocycles. The second-order valence-corrected chi connectivity index (χ2v) is 7.12. The molecule has 0 saturated heterocycles. The molecule has 1 aliphatic rings. The van der Waals surface area contributed by atoms with Crippen molar-refractivity contribution in [3.63, 3.8) is 0 Å². The SMILES string of the molecule is C=Cc1cc(-c2cccc3c2C(=O)NC3)n(C(=O)OC(C)(C)C)c1C=C. The van der Waals surface area contributed by atoms with Gasteiger partial charge < -0.3 is 10.1 Å². The van der Waals surface area contributed by atoms with E-state index < -0.39 is 11.7 Å². The Labute approximate surface area is 153 Å². The molecule has 5 heteroatoms. The monoisotopic (exact) mass is 350 g/mol. The molecular formula is C21H22N2O3. The number of amides is 1. The van der Waals surface area contributed by atoms with Crippen LogP contribution in [0.3, 0.4) is 0 Å². The first-order chi connectivity index (χ1) is 12.3. The molecule has 0 atom stereocenters. The van der Waals surface area contributed by atoms with Gasteiger partial charge >= 0.3 is 6.09 Å². The molecule has 1 aromatic carbocycles. The van der Waals surface area contributed by atoms with Crippen LogP contribution in [0.5, 0.6) is 0 Å². The summed E-state index contributed by atoms with van der Waals surface area (Å²) in [5.74, 6) is -0.146. The van der Waals surface area contributed by atoms with Crippen LogP contribution in [-0.2, 0) is 11.3 Å². The summed E-state index contributed by atoms with van der Waals surface area (Å²) < 4.78 is 7.03. The van der Waals surface area contributed by atoms with Crippen molar-refractivity contribution in [3.8, 4) is 11.3 Å². The maximum atomic E-state index is 12.9. The number of carbonyl (C=O) groups excluding carboxylic acids is 2. The number of hydrogen-bond acceptors (Lipinski definition) is 3. The lowest BCUT2D eigenvalue weighted by molar-refractivity contribution is 0.0539. The van der Waals surface area contributed by atoms with E-state index in [9.17, 15) is 9.59 Å². The molecular weight excluding hydrogens is 328 g/mol. The Morgan fingerprint density at radius 2 is 2.00 bits per heavy atom. The summed E-state index contributed by atoms with van der Waals surface area (Å²) in [4.78, 5) is 25.2. The number of nitrogens with one attached hydrogen (secondary N) is 1. The largest absolute Gasteiger partial charge is 0.443 e. The average molecular weight is 350 g/mol. The van der Waals surface area contributed by atoms with E-state index in [1.54, 1.807) is 12.2 Å². The first kappa shape index (κ1) is 17.7. The minimum Gasteiger partial charge on any atom is -0.443 e. The van der Waals surface area contributed by atoms with Gasteiger partial charge in [-0.1, -0.05) is 37.4 Å². The fourth-order valence-corrected chi connectivity index (χ4v) is 3.11. The predicted molar refractivity (Wildman–Crippen MR) is 103 cm³/mol. The highest BCUT2D eigenvalue weighted by molar-refractivity contribution is 6.05. The molecule has 0 bridgehead atoms. The summed E-state index contributed by atoms with van der Waals surface area (Å²) in [6.07, 6.45) is 2.73. The number of benzene rings is 1. The highest BCUT2D eigenvalue weighted by Crippen LogP contribution is 2.34. The molecule has 0 fully saturated rings. The molecule has 1 aliphatic heterocycles. The van der Waals surface area contributed by atoms with E-state index in [2.05, 4.69) is 18.5 Å². The lowest BCUT2D eigenvalue weighted by Crippen LogP contribution is -2.28. The van der Waals surface area contributed by atoms with Crippen LogP contribution in [0.1, 0.15) is 48.0 Å². The summed E-state index contributed by atoms with van der Waals surface area (Å²) in [6.45, 7) is 13.5. The summed E-state index contributed by atoms with van der Waals surface area (Å²) in [5.41, 5.74) is 3.43. The lowest BCUT2D eigenvalue weighted by atomic mass is 10.0. The zero-order valence-electron chi connectivity index (χ0n) is 15.3. The van der Waals surface area contributed by atoms with Gasteiger partial charge in [-0.15, -0.1) is 0 Å². The number of rotatable bonds is 3. The number of carbonyl (C=O) groups is 2. The van der Waals surface area contributed by atoms with E-state index in [0.29, 0.717) is 29.1 Å². The molecule has 2 aromatic rings. The molecule has 1 N–H and O–H groups in total. The Balaban J connectivity index is 2.27. The number of nitrogens with zero attached hydrogens (tertiary/aromatic N) is 1. The van der Waals surface area contributed by atoms with Gasteiger partial charge in [0.2, 0.25) is 0 Å². The van der Waals surface area contributed by atoms with Crippen molar-refractivity contribution in [2.24, 2.45) is 0 Å². The predicted octanol–water partition coefficient (Wildman–Crippen LogP) is 4.47. The molecule has 0 unspecified atom stereocenters. The summed E-state index contributed by atoms with van der Waals surface area (Å²) in [5, 5.41) is 2.83. The minimum atomic E-state index is -0.651. The van der Waals surface area contributed by atoms with Crippen LogP contribution in [0.25, 0.3) is 23.4 Å². The Kier molecular flexibility index (Phi) is 4.32. The molecule has 134 valence electrons. The van der Waals surface area contributed by atoms with Crippen LogP contribution in [0.2, 0.25) is 0 Å². The van der Waals surface area contributed by atoms with Gasteiger partial charge in [-0.3, -0.25) is 4.79 Å². The summed E-state index contributed by atoms with van der Waals surface area (Å²) in [7, 11) is 0. The van der Waals surface area contributed by atoms with E-state index in [1.165, 1.54) is 4.57 Å². The van der Waals surface area contributed by atoms with Crippen LogP contribution in [0.15, 0.2) is 37.4 Å². The molecule has 0 radical (unpaired) electrons. The van der Waals surface area contributed by atoms with E-state index in [0.717, 1.165) is 11.1 Å². The van der Waals surface area contributed by atoms with Gasteiger partial charge in [0.15, 0.2) is 0 Å². The van der Waals surface area contributed by atoms with E-state index in [4.69, 9.17) is 4.74 Å². The van der Waals surface area contributed by atoms with Gasteiger partial charge in [-0.25, -0.2) is 9.36 Å². The van der Waals surface area contributed by atoms with Gasteiger partial charge in [0.1, 0.15) is 5.60 Å². The van der Waals surface area contributed by atoms with Crippen LogP contribution in [0.4, 0.5) is 4.79 Å². The zero-order chi connectivity index (χ0) is 19.1. The maximum Gasteiger partial charge on any atom is 0.419 e.